The molecule has 1 aliphatic rings. The van der Waals surface area contributed by atoms with Crippen LogP contribution in [0.15, 0.2) is 0 Å². The van der Waals surface area contributed by atoms with Crippen molar-refractivity contribution in [3.05, 3.63) is 0 Å². The predicted molar refractivity (Wildman–Crippen MR) is 62.6 cm³/mol. The molecule has 0 aromatic rings. The van der Waals surface area contributed by atoms with E-state index in [-0.39, 0.29) is 10.7 Å². The van der Waals surface area contributed by atoms with Gasteiger partial charge in [-0.1, -0.05) is 36.7 Å². The highest BCUT2D eigenvalue weighted by Crippen LogP contribution is 2.30. The highest BCUT2D eigenvalue weighted by Gasteiger charge is 2.29. The Morgan fingerprint density at radius 3 is 2.36 bits per heavy atom. The van der Waals surface area contributed by atoms with Gasteiger partial charge in [0.05, 0.1) is 4.83 Å². The van der Waals surface area contributed by atoms with Gasteiger partial charge in [0.15, 0.2) is 0 Å². The van der Waals surface area contributed by atoms with Gasteiger partial charge in [-0.25, -0.2) is 0 Å². The van der Waals surface area contributed by atoms with Gasteiger partial charge >= 0.3 is 0 Å². The first-order valence-corrected chi connectivity index (χ1v) is 6.31. The molecule has 0 bridgehead atoms. The van der Waals surface area contributed by atoms with E-state index in [1.807, 2.05) is 11.8 Å². The third-order valence-electron chi connectivity index (χ3n) is 3.06. The van der Waals surface area contributed by atoms with E-state index in [1.165, 1.54) is 0 Å². The fourth-order valence-corrected chi connectivity index (χ4v) is 1.99. The van der Waals surface area contributed by atoms with E-state index < -0.39 is 0 Å². The summed E-state index contributed by atoms with van der Waals surface area (Å²) in [6.07, 6.45) is 3.13. The number of piperidine rings is 1. The van der Waals surface area contributed by atoms with Crippen molar-refractivity contribution in [1.29, 1.82) is 0 Å². The van der Waals surface area contributed by atoms with Crippen LogP contribution in [-0.4, -0.2) is 28.7 Å². The summed E-state index contributed by atoms with van der Waals surface area (Å²) < 4.78 is 0. The third-order valence-corrected chi connectivity index (χ3v) is 4.09. The standard InChI is InChI=1S/C11H20BrNO/c1-4-9(12)10(14)13-7-5-11(2,3)6-8-13/h9H,4-8H2,1-3H3. The average Bonchev–Trinajstić information content (AvgIpc) is 2.15. The Bertz CT molecular complexity index is 205. The van der Waals surface area contributed by atoms with Crippen LogP contribution >= 0.6 is 15.9 Å². The Hall–Kier alpha value is -0.0500. The van der Waals surface area contributed by atoms with Crippen molar-refractivity contribution in [2.24, 2.45) is 5.41 Å². The zero-order chi connectivity index (χ0) is 10.8. The molecule has 0 saturated carbocycles. The van der Waals surface area contributed by atoms with E-state index in [4.69, 9.17) is 0 Å². The van der Waals surface area contributed by atoms with E-state index in [2.05, 4.69) is 29.8 Å². The zero-order valence-electron chi connectivity index (χ0n) is 9.35. The fraction of sp³-hybridized carbons (Fsp3) is 0.909. The first kappa shape index (κ1) is 12.0. The lowest BCUT2D eigenvalue weighted by Crippen LogP contribution is -2.44. The first-order chi connectivity index (χ1) is 6.46. The molecule has 1 saturated heterocycles. The van der Waals surface area contributed by atoms with Crippen molar-refractivity contribution in [2.45, 2.75) is 44.9 Å². The maximum atomic E-state index is 11.8. The smallest absolute Gasteiger partial charge is 0.236 e. The zero-order valence-corrected chi connectivity index (χ0v) is 10.9. The van der Waals surface area contributed by atoms with Crippen LogP contribution in [0.3, 0.4) is 0 Å². The molecular formula is C11H20BrNO. The van der Waals surface area contributed by atoms with Gasteiger partial charge in [0.25, 0.3) is 0 Å². The molecule has 1 aliphatic heterocycles. The third kappa shape index (κ3) is 2.97. The average molecular weight is 262 g/mol. The predicted octanol–water partition coefficient (Wildman–Crippen LogP) is 2.81. The topological polar surface area (TPSA) is 20.3 Å². The highest BCUT2D eigenvalue weighted by molar-refractivity contribution is 9.10. The van der Waals surface area contributed by atoms with Gasteiger partial charge in [-0.15, -0.1) is 0 Å². The van der Waals surface area contributed by atoms with Crippen LogP contribution in [0.5, 0.6) is 0 Å². The summed E-state index contributed by atoms with van der Waals surface area (Å²) in [4.78, 5) is 13.8. The lowest BCUT2D eigenvalue weighted by atomic mass is 9.82. The van der Waals surface area contributed by atoms with E-state index in [1.54, 1.807) is 0 Å². The molecular weight excluding hydrogens is 242 g/mol. The summed E-state index contributed by atoms with van der Waals surface area (Å²) in [5, 5.41) is 0. The Labute approximate surface area is 95.2 Å². The van der Waals surface area contributed by atoms with Gasteiger partial charge in [0.2, 0.25) is 5.91 Å². The minimum absolute atomic E-state index is 0.0173. The van der Waals surface area contributed by atoms with Gasteiger partial charge in [-0.2, -0.15) is 0 Å². The van der Waals surface area contributed by atoms with Gasteiger partial charge in [0.1, 0.15) is 0 Å². The number of carbonyl (C=O) groups is 1. The van der Waals surface area contributed by atoms with Gasteiger partial charge in [-0.3, -0.25) is 4.79 Å². The molecule has 82 valence electrons. The summed E-state index contributed by atoms with van der Waals surface area (Å²) in [6, 6.07) is 0. The van der Waals surface area contributed by atoms with Gasteiger partial charge in [-0.05, 0) is 24.7 Å². The van der Waals surface area contributed by atoms with Crippen molar-refractivity contribution < 1.29 is 4.79 Å². The molecule has 1 rings (SSSR count). The van der Waals surface area contributed by atoms with Crippen LogP contribution in [0.2, 0.25) is 0 Å². The maximum Gasteiger partial charge on any atom is 0.236 e. The Morgan fingerprint density at radius 2 is 1.93 bits per heavy atom. The monoisotopic (exact) mass is 261 g/mol. The minimum atomic E-state index is 0.0173. The lowest BCUT2D eigenvalue weighted by molar-refractivity contribution is -0.132. The molecule has 0 aromatic heterocycles. The Balaban J connectivity index is 2.46. The molecule has 0 radical (unpaired) electrons. The van der Waals surface area contributed by atoms with Crippen LogP contribution < -0.4 is 0 Å². The van der Waals surface area contributed by atoms with E-state index in [9.17, 15) is 4.79 Å². The molecule has 1 amide bonds. The molecule has 3 heteroatoms. The molecule has 0 N–H and O–H groups in total. The highest BCUT2D eigenvalue weighted by atomic mass is 79.9. The maximum absolute atomic E-state index is 11.8. The van der Waals surface area contributed by atoms with Crippen LogP contribution in [0.1, 0.15) is 40.0 Å². The number of hydrogen-bond acceptors (Lipinski definition) is 1. The van der Waals surface area contributed by atoms with E-state index in [0.29, 0.717) is 5.41 Å². The molecule has 0 aliphatic carbocycles. The van der Waals surface area contributed by atoms with Crippen molar-refractivity contribution in [3.63, 3.8) is 0 Å². The van der Waals surface area contributed by atoms with Gasteiger partial charge in [0, 0.05) is 13.1 Å². The number of carbonyl (C=O) groups excluding carboxylic acids is 1. The summed E-state index contributed by atoms with van der Waals surface area (Å²) in [5.74, 6) is 0.267. The molecule has 0 aromatic carbocycles. The van der Waals surface area contributed by atoms with Crippen LogP contribution in [0.25, 0.3) is 0 Å². The fourth-order valence-electron chi connectivity index (χ4n) is 1.71. The molecule has 14 heavy (non-hydrogen) atoms. The van der Waals surface area contributed by atoms with Crippen molar-refractivity contribution in [1.82, 2.24) is 4.90 Å². The number of alkyl halides is 1. The minimum Gasteiger partial charge on any atom is -0.342 e. The summed E-state index contributed by atoms with van der Waals surface area (Å²) in [5.41, 5.74) is 0.421. The molecule has 1 unspecified atom stereocenters. The van der Waals surface area contributed by atoms with Crippen molar-refractivity contribution >= 4 is 21.8 Å². The molecule has 1 atom stereocenters. The molecule has 0 spiro atoms. The summed E-state index contributed by atoms with van der Waals surface area (Å²) in [7, 11) is 0. The van der Waals surface area contributed by atoms with Gasteiger partial charge < -0.3 is 4.90 Å². The van der Waals surface area contributed by atoms with Crippen LogP contribution in [-0.2, 0) is 4.79 Å². The number of rotatable bonds is 2. The number of likely N-dealkylation sites (tertiary alicyclic amines) is 1. The van der Waals surface area contributed by atoms with E-state index >= 15 is 0 Å². The molecule has 1 heterocycles. The van der Waals surface area contributed by atoms with E-state index in [0.717, 1.165) is 32.4 Å². The van der Waals surface area contributed by atoms with Crippen molar-refractivity contribution in [3.8, 4) is 0 Å². The largest absolute Gasteiger partial charge is 0.342 e. The normalized spacial score (nSPS) is 23.3. The summed E-state index contributed by atoms with van der Waals surface area (Å²) in [6.45, 7) is 8.44. The second kappa shape index (κ2) is 4.65. The second-order valence-corrected chi connectivity index (χ2v) is 5.97. The van der Waals surface area contributed by atoms with Crippen LogP contribution in [0, 0.1) is 5.41 Å². The number of amides is 1. The Morgan fingerprint density at radius 1 is 1.43 bits per heavy atom. The number of halogens is 1. The number of hydrogen-bond donors (Lipinski definition) is 0. The van der Waals surface area contributed by atoms with Crippen molar-refractivity contribution in [2.75, 3.05) is 13.1 Å². The molecule has 1 fully saturated rings. The quantitative estimate of drug-likeness (QED) is 0.701. The number of nitrogens with zero attached hydrogens (tertiary/aromatic N) is 1. The lowest BCUT2D eigenvalue weighted by Gasteiger charge is -2.37. The Kier molecular flexibility index (Phi) is 3.99. The molecule has 2 nitrogen and oxygen atoms in total. The summed E-state index contributed by atoms with van der Waals surface area (Å²) >= 11 is 3.42. The van der Waals surface area contributed by atoms with Crippen LogP contribution in [0.4, 0.5) is 0 Å². The SMILES string of the molecule is CCC(Br)C(=O)N1CCC(C)(C)CC1. The first-order valence-electron chi connectivity index (χ1n) is 5.39. The second-order valence-electron chi connectivity index (χ2n) is 4.87.